The van der Waals surface area contributed by atoms with Crippen LogP contribution in [0.3, 0.4) is 0 Å². The third kappa shape index (κ3) is 3.15. The average molecular weight is 312 g/mol. The maximum absolute atomic E-state index is 5.84. The van der Waals surface area contributed by atoms with Gasteiger partial charge in [-0.25, -0.2) is 0 Å². The molecular formula is C12H11AsClNO2. The number of halogens is 1. The first-order valence-corrected chi connectivity index (χ1v) is 6.50. The van der Waals surface area contributed by atoms with Crippen molar-refractivity contribution in [2.24, 2.45) is 0 Å². The molecule has 1 unspecified atom stereocenters. The van der Waals surface area contributed by atoms with Crippen LogP contribution in [0.15, 0.2) is 36.7 Å². The molecule has 1 aromatic carbocycles. The summed E-state index contributed by atoms with van der Waals surface area (Å²) in [5, 5.41) is 0.539. The molecule has 88 valence electrons. The van der Waals surface area contributed by atoms with Crippen LogP contribution in [0.4, 0.5) is 0 Å². The first-order valence-electron chi connectivity index (χ1n) is 4.91. The standard InChI is InChI=1S/C12H11AsClNO2/c1-16-12-4-8(13)2-3-11(12)17-10-5-9(14)6-15-7-10/h2-7H,13H2,1H3. The number of pyridine rings is 1. The summed E-state index contributed by atoms with van der Waals surface area (Å²) in [7, 11) is 1.62. The zero-order valence-corrected chi connectivity index (χ0v) is 12.4. The maximum atomic E-state index is 5.84. The van der Waals surface area contributed by atoms with Crippen molar-refractivity contribution in [3.8, 4) is 17.2 Å². The van der Waals surface area contributed by atoms with Crippen molar-refractivity contribution in [3.63, 3.8) is 0 Å². The number of ether oxygens (including phenoxy) is 2. The zero-order chi connectivity index (χ0) is 12.3. The van der Waals surface area contributed by atoms with Crippen LogP contribution in [0, 0.1) is 0 Å². The van der Waals surface area contributed by atoms with Gasteiger partial charge in [-0.1, -0.05) is 0 Å². The summed E-state index contributed by atoms with van der Waals surface area (Å²) in [5.41, 5.74) is 0. The Labute approximate surface area is 113 Å². The molecule has 0 aliphatic rings. The van der Waals surface area contributed by atoms with Crippen LogP contribution in [0.1, 0.15) is 0 Å². The van der Waals surface area contributed by atoms with Crippen molar-refractivity contribution >= 4 is 32.8 Å². The Balaban J connectivity index is 2.29. The van der Waals surface area contributed by atoms with E-state index in [0.29, 0.717) is 22.3 Å². The van der Waals surface area contributed by atoms with Gasteiger partial charge in [0.1, 0.15) is 0 Å². The van der Waals surface area contributed by atoms with Gasteiger partial charge in [-0.2, -0.15) is 0 Å². The van der Waals surface area contributed by atoms with Gasteiger partial charge in [-0.3, -0.25) is 0 Å². The number of nitrogens with zero attached hydrogens (tertiary/aromatic N) is 1. The van der Waals surface area contributed by atoms with Gasteiger partial charge in [0, 0.05) is 0 Å². The number of aromatic nitrogens is 1. The molecule has 0 saturated carbocycles. The predicted molar refractivity (Wildman–Crippen MR) is 70.5 cm³/mol. The van der Waals surface area contributed by atoms with Crippen molar-refractivity contribution in [1.29, 1.82) is 0 Å². The van der Waals surface area contributed by atoms with Crippen molar-refractivity contribution < 1.29 is 9.47 Å². The molecule has 0 bridgehead atoms. The summed E-state index contributed by atoms with van der Waals surface area (Å²) >= 11 is 7.37. The van der Waals surface area contributed by atoms with E-state index >= 15 is 0 Å². The molecule has 0 aliphatic carbocycles. The topological polar surface area (TPSA) is 31.4 Å². The molecule has 1 heterocycles. The molecule has 0 radical (unpaired) electrons. The SMILES string of the molecule is COc1cc([AsH2])ccc1Oc1cncc(Cl)c1. The van der Waals surface area contributed by atoms with Crippen molar-refractivity contribution in [1.82, 2.24) is 4.98 Å². The normalized spacial score (nSPS) is 10.1. The van der Waals surface area contributed by atoms with Gasteiger partial charge in [0.25, 0.3) is 0 Å². The Morgan fingerprint density at radius 2 is 2.00 bits per heavy atom. The summed E-state index contributed by atoms with van der Waals surface area (Å²) in [6.07, 6.45) is 3.17. The molecule has 5 heteroatoms. The Kier molecular flexibility index (Phi) is 3.93. The minimum atomic E-state index is 0.539. The quantitative estimate of drug-likeness (QED) is 0.810. The van der Waals surface area contributed by atoms with Crippen LogP contribution >= 0.6 is 11.6 Å². The fraction of sp³-hybridized carbons (Fsp3) is 0.0833. The van der Waals surface area contributed by atoms with Crippen molar-refractivity contribution in [2.45, 2.75) is 0 Å². The molecule has 0 amide bonds. The van der Waals surface area contributed by atoms with Crippen molar-refractivity contribution in [3.05, 3.63) is 41.7 Å². The van der Waals surface area contributed by atoms with Gasteiger partial charge in [0.15, 0.2) is 0 Å². The van der Waals surface area contributed by atoms with Crippen LogP contribution in [0.2, 0.25) is 5.02 Å². The Bertz CT molecular complexity index is 534. The first kappa shape index (κ1) is 12.3. The van der Waals surface area contributed by atoms with Gasteiger partial charge < -0.3 is 0 Å². The third-order valence-electron chi connectivity index (χ3n) is 2.10. The number of methoxy groups -OCH3 is 1. The molecule has 0 fully saturated rings. The Morgan fingerprint density at radius 3 is 2.71 bits per heavy atom. The number of benzene rings is 1. The summed E-state index contributed by atoms with van der Waals surface area (Å²) in [6, 6.07) is 7.50. The molecular weight excluding hydrogens is 301 g/mol. The number of hydrogen-bond acceptors (Lipinski definition) is 3. The molecule has 17 heavy (non-hydrogen) atoms. The van der Waals surface area contributed by atoms with Crippen LogP contribution in [-0.2, 0) is 0 Å². The van der Waals surface area contributed by atoms with Gasteiger partial charge >= 0.3 is 113 Å². The minimum absolute atomic E-state index is 0.539. The second-order valence-corrected chi connectivity index (χ2v) is 5.19. The number of hydrogen-bond donors (Lipinski definition) is 0. The molecule has 1 aromatic heterocycles. The van der Waals surface area contributed by atoms with E-state index in [1.807, 2.05) is 18.2 Å². The molecule has 0 N–H and O–H groups in total. The van der Waals surface area contributed by atoms with E-state index in [4.69, 9.17) is 21.1 Å². The van der Waals surface area contributed by atoms with Gasteiger partial charge in [-0.15, -0.1) is 0 Å². The van der Waals surface area contributed by atoms with Crippen LogP contribution in [-0.4, -0.2) is 28.9 Å². The monoisotopic (exact) mass is 311 g/mol. The summed E-state index contributed by atoms with van der Waals surface area (Å²) in [4.78, 5) is 3.96. The first-order chi connectivity index (χ1) is 8.19. The van der Waals surface area contributed by atoms with E-state index < -0.39 is 0 Å². The fourth-order valence-corrected chi connectivity index (χ4v) is 2.03. The van der Waals surface area contributed by atoms with E-state index in [0.717, 1.165) is 0 Å². The van der Waals surface area contributed by atoms with E-state index in [1.165, 1.54) is 21.2 Å². The van der Waals surface area contributed by atoms with Gasteiger partial charge in [-0.05, 0) is 0 Å². The second-order valence-electron chi connectivity index (χ2n) is 3.35. The summed E-state index contributed by atoms with van der Waals surface area (Å²) in [5.74, 6) is 1.94. The van der Waals surface area contributed by atoms with E-state index in [1.54, 1.807) is 25.6 Å². The molecule has 2 rings (SSSR count). The second kappa shape index (κ2) is 5.43. The van der Waals surface area contributed by atoms with Crippen LogP contribution < -0.4 is 13.8 Å². The predicted octanol–water partition coefficient (Wildman–Crippen LogP) is 1.79. The molecule has 0 saturated heterocycles. The van der Waals surface area contributed by atoms with Gasteiger partial charge in [0.2, 0.25) is 0 Å². The molecule has 2 aromatic rings. The molecule has 1 atom stereocenters. The zero-order valence-electron chi connectivity index (χ0n) is 9.18. The Hall–Kier alpha value is -1.18. The average Bonchev–Trinajstić information content (AvgIpc) is 2.31. The van der Waals surface area contributed by atoms with E-state index in [2.05, 4.69) is 4.98 Å². The van der Waals surface area contributed by atoms with E-state index in [-0.39, 0.29) is 0 Å². The molecule has 0 spiro atoms. The summed E-state index contributed by atoms with van der Waals surface area (Å²) < 4.78 is 12.1. The molecule has 0 aliphatic heterocycles. The third-order valence-corrected chi connectivity index (χ3v) is 3.06. The van der Waals surface area contributed by atoms with Gasteiger partial charge in [0.05, 0.1) is 0 Å². The Morgan fingerprint density at radius 1 is 1.18 bits per heavy atom. The fourth-order valence-electron chi connectivity index (χ4n) is 1.34. The molecule has 3 nitrogen and oxygen atoms in total. The van der Waals surface area contributed by atoms with E-state index in [9.17, 15) is 0 Å². The van der Waals surface area contributed by atoms with Crippen LogP contribution in [0.5, 0.6) is 17.2 Å². The van der Waals surface area contributed by atoms with Crippen molar-refractivity contribution in [2.75, 3.05) is 7.11 Å². The van der Waals surface area contributed by atoms with Crippen LogP contribution in [0.25, 0.3) is 0 Å². The summed E-state index contributed by atoms with van der Waals surface area (Å²) in [6.45, 7) is 0. The number of rotatable bonds is 3.